The minimum Gasteiger partial charge on any atom is -0.298 e. The first-order chi connectivity index (χ1) is 10.1. The predicted octanol–water partition coefficient (Wildman–Crippen LogP) is 1.84. The predicted molar refractivity (Wildman–Crippen MR) is 81.4 cm³/mol. The maximum atomic E-state index is 13.0. The van der Waals surface area contributed by atoms with Gasteiger partial charge in [-0.25, -0.2) is 4.39 Å². The highest BCUT2D eigenvalue weighted by Gasteiger charge is 2.10. The van der Waals surface area contributed by atoms with E-state index in [1.807, 2.05) is 0 Å². The minimum atomic E-state index is -0.572. The third-order valence-corrected chi connectivity index (χ3v) is 3.42. The molecule has 0 aliphatic rings. The van der Waals surface area contributed by atoms with Gasteiger partial charge in [-0.05, 0) is 41.9 Å². The molecule has 1 aromatic carbocycles. The van der Waals surface area contributed by atoms with E-state index >= 15 is 0 Å². The van der Waals surface area contributed by atoms with Crippen molar-refractivity contribution in [1.29, 1.82) is 0 Å². The maximum absolute atomic E-state index is 13.0. The Morgan fingerprint density at radius 3 is 2.57 bits per heavy atom. The number of hydrazine groups is 1. The van der Waals surface area contributed by atoms with Gasteiger partial charge in [0.25, 0.3) is 11.8 Å². The van der Waals surface area contributed by atoms with E-state index in [9.17, 15) is 14.0 Å². The van der Waals surface area contributed by atoms with Gasteiger partial charge in [-0.2, -0.15) is 0 Å². The third kappa shape index (κ3) is 4.33. The van der Waals surface area contributed by atoms with E-state index in [0.29, 0.717) is 4.88 Å². The van der Waals surface area contributed by atoms with Crippen molar-refractivity contribution in [3.63, 3.8) is 0 Å². The van der Waals surface area contributed by atoms with Crippen LogP contribution in [0.4, 0.5) is 4.39 Å². The number of halogens is 1. The Bertz CT molecular complexity index is 674. The minimum absolute atomic E-state index is 0.0887. The Kier molecular flexibility index (Phi) is 4.96. The summed E-state index contributed by atoms with van der Waals surface area (Å²) in [5.41, 5.74) is 4.87. The molecule has 5 nitrogen and oxygen atoms in total. The summed E-state index contributed by atoms with van der Waals surface area (Å²) in [6.45, 7) is 0. The number of nitrogens with one attached hydrogen (secondary N) is 3. The molecule has 0 radical (unpaired) electrons. The Hall–Kier alpha value is -2.32. The number of carbonyl (C=O) groups is 2. The number of amides is 2. The molecule has 1 heterocycles. The molecule has 1 aromatic heterocycles. The number of hydrogen-bond donors (Lipinski definition) is 3. The van der Waals surface area contributed by atoms with Crippen molar-refractivity contribution in [3.05, 3.63) is 58.0 Å². The van der Waals surface area contributed by atoms with Crippen molar-refractivity contribution in [2.75, 3.05) is 0 Å². The van der Waals surface area contributed by atoms with Gasteiger partial charge in [0.1, 0.15) is 5.82 Å². The standard InChI is InChI=1S/C13H10FN3O2S2/c14-9-4-1-3-8(7-9)11(18)15-13(20)17-16-12(19)10-5-2-6-21-10/h1-7H,(H,16,19)(H2,15,17,18,20). The lowest BCUT2D eigenvalue weighted by Gasteiger charge is -2.10. The molecule has 0 saturated carbocycles. The fourth-order valence-electron chi connectivity index (χ4n) is 1.42. The summed E-state index contributed by atoms with van der Waals surface area (Å²) >= 11 is 6.13. The van der Waals surface area contributed by atoms with E-state index in [-0.39, 0.29) is 16.6 Å². The molecule has 2 amide bonds. The van der Waals surface area contributed by atoms with Crippen molar-refractivity contribution in [2.24, 2.45) is 0 Å². The van der Waals surface area contributed by atoms with Crippen LogP contribution in [0, 0.1) is 5.82 Å². The van der Waals surface area contributed by atoms with Crippen LogP contribution in [0.5, 0.6) is 0 Å². The third-order valence-electron chi connectivity index (χ3n) is 2.35. The number of thiocarbonyl (C=S) groups is 1. The lowest BCUT2D eigenvalue weighted by Crippen LogP contribution is -2.48. The van der Waals surface area contributed by atoms with Crippen LogP contribution in [0.1, 0.15) is 20.0 Å². The molecule has 8 heteroatoms. The summed E-state index contributed by atoms with van der Waals surface area (Å²) in [7, 11) is 0. The SMILES string of the molecule is O=C(NC(=S)NNC(=O)c1cccs1)c1cccc(F)c1. The van der Waals surface area contributed by atoms with Crippen molar-refractivity contribution >= 4 is 40.5 Å². The summed E-state index contributed by atoms with van der Waals surface area (Å²) in [5, 5.41) is 4.00. The van der Waals surface area contributed by atoms with Gasteiger partial charge in [0.2, 0.25) is 0 Å². The molecule has 2 rings (SSSR count). The normalized spacial score (nSPS) is 9.76. The topological polar surface area (TPSA) is 70.2 Å². The molecule has 108 valence electrons. The second kappa shape index (κ2) is 6.91. The number of rotatable bonds is 2. The van der Waals surface area contributed by atoms with Crippen molar-refractivity contribution in [1.82, 2.24) is 16.2 Å². The van der Waals surface area contributed by atoms with Crippen LogP contribution in [0.25, 0.3) is 0 Å². The molecular weight excluding hydrogens is 313 g/mol. The van der Waals surface area contributed by atoms with Gasteiger partial charge in [0, 0.05) is 5.56 Å². The Balaban J connectivity index is 1.84. The highest BCUT2D eigenvalue weighted by Crippen LogP contribution is 2.07. The molecule has 0 atom stereocenters. The summed E-state index contributed by atoms with van der Waals surface area (Å²) in [5.74, 6) is -1.46. The zero-order chi connectivity index (χ0) is 15.2. The van der Waals surface area contributed by atoms with Crippen LogP contribution in [0.3, 0.4) is 0 Å². The number of hydrogen-bond acceptors (Lipinski definition) is 4. The Labute approximate surface area is 129 Å². The van der Waals surface area contributed by atoms with Gasteiger partial charge in [-0.3, -0.25) is 25.8 Å². The van der Waals surface area contributed by atoms with Crippen molar-refractivity contribution < 1.29 is 14.0 Å². The summed E-state index contributed by atoms with van der Waals surface area (Å²) in [6.07, 6.45) is 0. The lowest BCUT2D eigenvalue weighted by atomic mass is 10.2. The molecular formula is C13H10FN3O2S2. The van der Waals surface area contributed by atoms with Gasteiger partial charge in [-0.15, -0.1) is 11.3 Å². The van der Waals surface area contributed by atoms with Crippen molar-refractivity contribution in [2.45, 2.75) is 0 Å². The van der Waals surface area contributed by atoms with Crippen molar-refractivity contribution in [3.8, 4) is 0 Å². The van der Waals surface area contributed by atoms with Crippen LogP contribution in [-0.4, -0.2) is 16.9 Å². The molecule has 0 saturated heterocycles. The second-order valence-corrected chi connectivity index (χ2v) is 5.21. The average Bonchev–Trinajstić information content (AvgIpc) is 2.99. The average molecular weight is 323 g/mol. The zero-order valence-corrected chi connectivity index (χ0v) is 12.2. The van der Waals surface area contributed by atoms with E-state index in [0.717, 1.165) is 6.07 Å². The summed E-state index contributed by atoms with van der Waals surface area (Å²) in [6, 6.07) is 8.57. The van der Waals surface area contributed by atoms with Crippen LogP contribution in [0.2, 0.25) is 0 Å². The zero-order valence-electron chi connectivity index (χ0n) is 10.6. The molecule has 0 unspecified atom stereocenters. The van der Waals surface area contributed by atoms with Crippen LogP contribution in [0.15, 0.2) is 41.8 Å². The highest BCUT2D eigenvalue weighted by atomic mass is 32.1. The van der Waals surface area contributed by atoms with Gasteiger partial charge >= 0.3 is 0 Å². The molecule has 0 spiro atoms. The molecule has 21 heavy (non-hydrogen) atoms. The van der Waals surface area contributed by atoms with Gasteiger partial charge in [0.15, 0.2) is 5.11 Å². The van der Waals surface area contributed by atoms with Crippen LogP contribution < -0.4 is 16.2 Å². The van der Waals surface area contributed by atoms with E-state index in [2.05, 4.69) is 16.2 Å². The van der Waals surface area contributed by atoms with E-state index in [1.54, 1.807) is 17.5 Å². The van der Waals surface area contributed by atoms with E-state index in [4.69, 9.17) is 12.2 Å². The first kappa shape index (κ1) is 15.1. The van der Waals surface area contributed by atoms with E-state index < -0.39 is 11.7 Å². The quantitative estimate of drug-likeness (QED) is 0.583. The van der Waals surface area contributed by atoms with Crippen LogP contribution >= 0.6 is 23.6 Å². The molecule has 0 fully saturated rings. The first-order valence-electron chi connectivity index (χ1n) is 5.77. The fourth-order valence-corrected chi connectivity index (χ4v) is 2.18. The Morgan fingerprint density at radius 1 is 1.10 bits per heavy atom. The fraction of sp³-hybridized carbons (Fsp3) is 0. The van der Waals surface area contributed by atoms with Gasteiger partial charge in [-0.1, -0.05) is 12.1 Å². The smallest absolute Gasteiger partial charge is 0.279 e. The van der Waals surface area contributed by atoms with Gasteiger partial charge < -0.3 is 0 Å². The largest absolute Gasteiger partial charge is 0.298 e. The summed E-state index contributed by atoms with van der Waals surface area (Å²) < 4.78 is 13.0. The van der Waals surface area contributed by atoms with Gasteiger partial charge in [0.05, 0.1) is 4.88 Å². The maximum Gasteiger partial charge on any atom is 0.279 e. The molecule has 0 aliphatic carbocycles. The first-order valence-corrected chi connectivity index (χ1v) is 7.06. The number of thiophene rings is 1. The summed E-state index contributed by atoms with van der Waals surface area (Å²) in [4.78, 5) is 23.9. The molecule has 0 aliphatic heterocycles. The molecule has 3 N–H and O–H groups in total. The lowest BCUT2D eigenvalue weighted by molar-refractivity contribution is 0.0938. The molecule has 2 aromatic rings. The number of benzene rings is 1. The Morgan fingerprint density at radius 2 is 1.90 bits per heavy atom. The second-order valence-electron chi connectivity index (χ2n) is 3.85. The highest BCUT2D eigenvalue weighted by molar-refractivity contribution is 7.80. The van der Waals surface area contributed by atoms with Crippen LogP contribution in [-0.2, 0) is 0 Å². The number of carbonyl (C=O) groups excluding carboxylic acids is 2. The van der Waals surface area contributed by atoms with E-state index in [1.165, 1.54) is 29.5 Å². The molecule has 0 bridgehead atoms. The monoisotopic (exact) mass is 323 g/mol.